The molecule has 144 valence electrons. The highest BCUT2D eigenvalue weighted by atomic mass is 32.2. The fraction of sp³-hybridized carbons (Fsp3) is 0.917. The summed E-state index contributed by atoms with van der Waals surface area (Å²) in [6, 6.07) is 0. The second-order valence-electron chi connectivity index (χ2n) is 5.08. The van der Waals surface area contributed by atoms with Crippen LogP contribution in [0.4, 0.5) is 26.3 Å². The lowest BCUT2D eigenvalue weighted by Gasteiger charge is -2.29. The first kappa shape index (κ1) is 30.1. The Balaban J connectivity index is -0.000000125. The van der Waals surface area contributed by atoms with Crippen molar-refractivity contribution < 1.29 is 44.3 Å². The molecule has 0 aliphatic rings. The number of Topliss-reactive ketones (excluding diaryl/α,β-unsaturated/α-hetero) is 1. The third kappa shape index (κ3) is 26.4. The number of hydrogen-bond acceptors (Lipinski definition) is 4. The summed E-state index contributed by atoms with van der Waals surface area (Å²) in [5, 5.41) is 0. The van der Waals surface area contributed by atoms with Crippen molar-refractivity contribution in [1.82, 2.24) is 0 Å². The number of rotatable bonds is 0. The number of ketones is 1. The fourth-order valence-electron chi connectivity index (χ4n) is 0.161. The van der Waals surface area contributed by atoms with Crippen LogP contribution in [-0.2, 0) is 19.4 Å². The highest BCUT2D eigenvalue weighted by Crippen LogP contribution is 2.49. The Morgan fingerprint density at radius 3 is 0.913 bits per heavy atom. The molecule has 0 spiro atoms. The average molecular weight is 378 g/mol. The molecule has 0 atom stereocenters. The highest BCUT2D eigenvalue weighted by molar-refractivity contribution is 7.89. The average Bonchev–Trinajstić information content (AvgIpc) is 2.10. The minimum absolute atomic E-state index is 0.104. The van der Waals surface area contributed by atoms with Crippen molar-refractivity contribution in [3.63, 3.8) is 0 Å². The molecule has 0 fully saturated rings. The molecule has 0 aromatic carbocycles. The van der Waals surface area contributed by atoms with Crippen LogP contribution < -0.4 is 0 Å². The molecule has 0 unspecified atom stereocenters. The SMILES string of the molecule is CC(C)(C(F)(F)F)C(F)(F)F.CC(C)=O.COC.CS(C)(=O)=O. The van der Waals surface area contributed by atoms with Gasteiger partial charge in [-0.15, -0.1) is 0 Å². The van der Waals surface area contributed by atoms with Crippen LogP contribution in [0, 0.1) is 5.41 Å². The van der Waals surface area contributed by atoms with Gasteiger partial charge in [-0.1, -0.05) is 0 Å². The van der Waals surface area contributed by atoms with Crippen LogP contribution in [0.3, 0.4) is 0 Å². The Kier molecular flexibility index (Phi) is 15.3. The van der Waals surface area contributed by atoms with E-state index in [0.29, 0.717) is 0 Å². The quantitative estimate of drug-likeness (QED) is 0.604. The van der Waals surface area contributed by atoms with Crippen LogP contribution in [0.15, 0.2) is 0 Å². The van der Waals surface area contributed by atoms with Gasteiger partial charge in [-0.3, -0.25) is 0 Å². The van der Waals surface area contributed by atoms with Crippen molar-refractivity contribution in [2.45, 2.75) is 40.0 Å². The van der Waals surface area contributed by atoms with Crippen molar-refractivity contribution in [2.24, 2.45) is 5.41 Å². The molecule has 23 heavy (non-hydrogen) atoms. The molecule has 4 nitrogen and oxygen atoms in total. The molecule has 0 aliphatic heterocycles. The number of hydrogen-bond donors (Lipinski definition) is 0. The Bertz CT molecular complexity index is 382. The van der Waals surface area contributed by atoms with Crippen molar-refractivity contribution in [3.8, 4) is 0 Å². The summed E-state index contributed by atoms with van der Waals surface area (Å²) in [4.78, 5) is 9.44. The maximum atomic E-state index is 11.6. The van der Waals surface area contributed by atoms with Gasteiger partial charge in [0.25, 0.3) is 0 Å². The molecule has 0 bridgehead atoms. The number of carbonyl (C=O) groups is 1. The highest BCUT2D eigenvalue weighted by Gasteiger charge is 2.64. The zero-order valence-corrected chi connectivity index (χ0v) is 15.1. The first-order valence-corrected chi connectivity index (χ1v) is 8.10. The van der Waals surface area contributed by atoms with Crippen molar-refractivity contribution in [1.29, 1.82) is 0 Å². The third-order valence-corrected chi connectivity index (χ3v) is 1.42. The zero-order valence-electron chi connectivity index (χ0n) is 14.3. The van der Waals surface area contributed by atoms with E-state index in [1.807, 2.05) is 0 Å². The molecule has 0 amide bonds. The topological polar surface area (TPSA) is 60.4 Å². The van der Waals surface area contributed by atoms with Gasteiger partial charge in [0.15, 0.2) is 5.41 Å². The summed E-state index contributed by atoms with van der Waals surface area (Å²) in [7, 11) is 0.583. The van der Waals surface area contributed by atoms with Crippen LogP contribution in [0.25, 0.3) is 0 Å². The minimum atomic E-state index is -5.24. The van der Waals surface area contributed by atoms with Gasteiger partial charge in [-0.25, -0.2) is 8.42 Å². The van der Waals surface area contributed by atoms with Gasteiger partial charge in [0.05, 0.1) is 0 Å². The molecule has 0 aromatic heterocycles. The summed E-state index contributed by atoms with van der Waals surface area (Å²) >= 11 is 0. The summed E-state index contributed by atoms with van der Waals surface area (Å²) < 4.78 is 93.2. The van der Waals surface area contributed by atoms with Crippen LogP contribution in [-0.4, -0.2) is 53.3 Å². The number of halogens is 6. The van der Waals surface area contributed by atoms with E-state index in [1.165, 1.54) is 13.8 Å². The minimum Gasteiger partial charge on any atom is -0.388 e. The summed E-state index contributed by atoms with van der Waals surface area (Å²) in [5.74, 6) is 0.167. The molecule has 11 heteroatoms. The van der Waals surface area contributed by atoms with Crippen LogP contribution in [0.2, 0.25) is 0 Å². The second kappa shape index (κ2) is 11.7. The summed E-state index contributed by atoms with van der Waals surface area (Å²) in [6.07, 6.45) is -8.17. The van der Waals surface area contributed by atoms with Gasteiger partial charge in [-0.05, 0) is 27.7 Å². The molecule has 0 heterocycles. The standard InChI is InChI=1S/C5H6F6.C3H6O.C2H6O2S.C2H6O/c1-3(2,4(6,7)8)5(9,10)11;1-3(2)4;1-5(2,3)4;1-3-2/h1-2H3;1-2H3;1-2H3;1-2H3. The third-order valence-electron chi connectivity index (χ3n) is 1.42. The Morgan fingerprint density at radius 1 is 0.826 bits per heavy atom. The van der Waals surface area contributed by atoms with E-state index in [9.17, 15) is 39.6 Å². The van der Waals surface area contributed by atoms with E-state index in [1.54, 1.807) is 14.2 Å². The zero-order chi connectivity index (χ0) is 20.3. The number of carbonyl (C=O) groups excluding carboxylic acids is 1. The fourth-order valence-corrected chi connectivity index (χ4v) is 0.161. The second-order valence-corrected chi connectivity index (χ2v) is 7.37. The van der Waals surface area contributed by atoms with Crippen molar-refractivity contribution >= 4 is 15.6 Å². The van der Waals surface area contributed by atoms with Crippen molar-refractivity contribution in [3.05, 3.63) is 0 Å². The molecule has 0 radical (unpaired) electrons. The van der Waals surface area contributed by atoms with E-state index in [-0.39, 0.29) is 19.6 Å². The lowest BCUT2D eigenvalue weighted by molar-refractivity contribution is -0.327. The van der Waals surface area contributed by atoms with Gasteiger partial charge in [0.2, 0.25) is 0 Å². The smallest absolute Gasteiger partial charge is 0.388 e. The molecule has 0 saturated heterocycles. The van der Waals surface area contributed by atoms with Gasteiger partial charge < -0.3 is 9.53 Å². The van der Waals surface area contributed by atoms with Gasteiger partial charge in [-0.2, -0.15) is 26.3 Å². The van der Waals surface area contributed by atoms with E-state index in [0.717, 1.165) is 12.5 Å². The first-order chi connectivity index (χ1) is 9.65. The number of sulfone groups is 1. The Labute approximate surface area is 133 Å². The van der Waals surface area contributed by atoms with Gasteiger partial charge in [0, 0.05) is 26.7 Å². The van der Waals surface area contributed by atoms with Crippen LogP contribution >= 0.6 is 0 Å². The molecule has 0 aromatic rings. The molecular formula is C12H24F6O4S. The lowest BCUT2D eigenvalue weighted by atomic mass is 9.92. The predicted molar refractivity (Wildman–Crippen MR) is 75.9 cm³/mol. The van der Waals surface area contributed by atoms with Gasteiger partial charge >= 0.3 is 12.4 Å². The monoisotopic (exact) mass is 378 g/mol. The Morgan fingerprint density at radius 2 is 0.913 bits per heavy atom. The molecule has 0 aliphatic carbocycles. The first-order valence-electron chi connectivity index (χ1n) is 5.80. The van der Waals surface area contributed by atoms with Gasteiger partial charge in [0.1, 0.15) is 15.6 Å². The maximum Gasteiger partial charge on any atom is 0.402 e. The molecule has 0 saturated carbocycles. The lowest BCUT2D eigenvalue weighted by Crippen LogP contribution is -2.44. The molecule has 0 N–H and O–H groups in total. The number of alkyl halides is 6. The van der Waals surface area contributed by atoms with E-state index < -0.39 is 27.6 Å². The van der Waals surface area contributed by atoms with E-state index in [2.05, 4.69) is 4.74 Å². The van der Waals surface area contributed by atoms with E-state index in [4.69, 9.17) is 0 Å². The predicted octanol–water partition coefficient (Wildman–Crippen LogP) is 3.66. The summed E-state index contributed by atoms with van der Waals surface area (Å²) in [5.41, 5.74) is -3.62. The van der Waals surface area contributed by atoms with E-state index >= 15 is 0 Å². The maximum absolute atomic E-state index is 11.6. The Hall–Kier alpha value is -0.840. The van der Waals surface area contributed by atoms with Crippen LogP contribution in [0.5, 0.6) is 0 Å². The van der Waals surface area contributed by atoms with Crippen LogP contribution in [0.1, 0.15) is 27.7 Å². The molecule has 0 rings (SSSR count). The number of methoxy groups -OCH3 is 1. The molecular weight excluding hydrogens is 354 g/mol. The largest absolute Gasteiger partial charge is 0.402 e. The number of ether oxygens (including phenoxy) is 1. The summed E-state index contributed by atoms with van der Waals surface area (Å²) in [6.45, 7) is 3.26. The normalized spacial score (nSPS) is 11.7. The van der Waals surface area contributed by atoms with Crippen molar-refractivity contribution in [2.75, 3.05) is 26.7 Å².